The second-order valence-electron chi connectivity index (χ2n) is 8.12. The molecule has 0 heterocycles. The molecule has 0 radical (unpaired) electrons. The first-order valence-electron chi connectivity index (χ1n) is 8.96. The first-order chi connectivity index (χ1) is 10.7. The van der Waals surface area contributed by atoms with Crippen LogP contribution in [-0.4, -0.2) is 23.6 Å². The molecule has 4 heteroatoms. The third-order valence-electron chi connectivity index (χ3n) is 6.11. The lowest BCUT2D eigenvalue weighted by atomic mass is 9.67. The molecule has 2 saturated carbocycles. The molecular formula is C19H30O4. The van der Waals surface area contributed by atoms with E-state index in [1.54, 1.807) is 13.8 Å². The minimum atomic E-state index is -0.939. The summed E-state index contributed by atoms with van der Waals surface area (Å²) in [4.78, 5) is 37.3. The number of carbonyl (C=O) groups is 3. The Morgan fingerprint density at radius 3 is 2.04 bits per heavy atom. The molecule has 2 rings (SSSR count). The number of Topliss-reactive ketones (excluding diaryl/α,β-unsaturated/α-hetero) is 2. The molecule has 0 aliphatic heterocycles. The third kappa shape index (κ3) is 3.51. The molecule has 0 aromatic heterocycles. The van der Waals surface area contributed by atoms with Crippen molar-refractivity contribution in [3.05, 3.63) is 0 Å². The van der Waals surface area contributed by atoms with Gasteiger partial charge in [0.25, 0.3) is 0 Å². The number of hydrogen-bond acceptors (Lipinski definition) is 4. The summed E-state index contributed by atoms with van der Waals surface area (Å²) in [6.45, 7) is 6.80. The largest absolute Gasteiger partial charge is 0.462 e. The molecule has 2 fully saturated rings. The van der Waals surface area contributed by atoms with Crippen LogP contribution in [0.3, 0.4) is 0 Å². The summed E-state index contributed by atoms with van der Waals surface area (Å²) < 4.78 is 5.40. The Bertz CT molecular complexity index is 486. The molecule has 130 valence electrons. The van der Waals surface area contributed by atoms with Gasteiger partial charge in [0.2, 0.25) is 11.6 Å². The highest BCUT2D eigenvalue weighted by atomic mass is 16.5. The Kier molecular flexibility index (Phi) is 5.32. The molecular weight excluding hydrogens is 292 g/mol. The summed E-state index contributed by atoms with van der Waals surface area (Å²) in [5.41, 5.74) is -1.54. The lowest BCUT2D eigenvalue weighted by Gasteiger charge is -2.35. The summed E-state index contributed by atoms with van der Waals surface area (Å²) in [5, 5.41) is 0. The maximum Gasteiger partial charge on any atom is 0.302 e. The molecule has 2 unspecified atom stereocenters. The van der Waals surface area contributed by atoms with E-state index < -0.39 is 16.9 Å². The van der Waals surface area contributed by atoms with E-state index >= 15 is 0 Å². The lowest BCUT2D eigenvalue weighted by Crippen LogP contribution is -2.45. The molecule has 0 saturated heterocycles. The van der Waals surface area contributed by atoms with Crippen molar-refractivity contribution in [2.45, 2.75) is 85.2 Å². The molecule has 4 nitrogen and oxygen atoms in total. The van der Waals surface area contributed by atoms with E-state index in [9.17, 15) is 14.4 Å². The van der Waals surface area contributed by atoms with Crippen molar-refractivity contribution < 1.29 is 19.1 Å². The minimum Gasteiger partial charge on any atom is -0.462 e. The summed E-state index contributed by atoms with van der Waals surface area (Å²) >= 11 is 0. The Morgan fingerprint density at radius 1 is 0.957 bits per heavy atom. The van der Waals surface area contributed by atoms with Crippen LogP contribution >= 0.6 is 0 Å². The molecule has 2 atom stereocenters. The van der Waals surface area contributed by atoms with E-state index in [2.05, 4.69) is 0 Å². The molecule has 0 aromatic carbocycles. The Morgan fingerprint density at radius 2 is 1.52 bits per heavy atom. The van der Waals surface area contributed by atoms with Crippen molar-refractivity contribution in [1.29, 1.82) is 0 Å². The Balaban J connectivity index is 2.31. The molecule has 0 N–H and O–H groups in total. The van der Waals surface area contributed by atoms with Gasteiger partial charge in [-0.05, 0) is 45.4 Å². The van der Waals surface area contributed by atoms with Crippen LogP contribution in [-0.2, 0) is 19.1 Å². The quantitative estimate of drug-likeness (QED) is 0.440. The molecule has 0 spiro atoms. The van der Waals surface area contributed by atoms with Crippen LogP contribution in [0.5, 0.6) is 0 Å². The molecule has 2 aliphatic carbocycles. The summed E-state index contributed by atoms with van der Waals surface area (Å²) in [6.07, 6.45) is 7.45. The number of esters is 1. The number of rotatable bonds is 2. The smallest absolute Gasteiger partial charge is 0.302 e. The summed E-state index contributed by atoms with van der Waals surface area (Å²) in [5.74, 6) is -0.730. The second kappa shape index (κ2) is 6.74. The highest BCUT2D eigenvalue weighted by molar-refractivity contribution is 6.41. The van der Waals surface area contributed by atoms with Crippen molar-refractivity contribution in [3.63, 3.8) is 0 Å². The average Bonchev–Trinajstić information content (AvgIpc) is 2.80. The fourth-order valence-electron chi connectivity index (χ4n) is 4.32. The summed E-state index contributed by atoms with van der Waals surface area (Å²) in [7, 11) is 0. The Hall–Kier alpha value is -1.19. The van der Waals surface area contributed by atoms with Crippen molar-refractivity contribution >= 4 is 17.5 Å². The van der Waals surface area contributed by atoms with Gasteiger partial charge in [-0.3, -0.25) is 14.4 Å². The second-order valence-corrected chi connectivity index (χ2v) is 8.12. The number of carbonyl (C=O) groups excluding carboxylic acids is 3. The van der Waals surface area contributed by atoms with Gasteiger partial charge in [0.05, 0.1) is 5.41 Å². The molecule has 0 aromatic rings. The first-order valence-corrected chi connectivity index (χ1v) is 8.96. The third-order valence-corrected chi connectivity index (χ3v) is 6.11. The van der Waals surface area contributed by atoms with Gasteiger partial charge in [-0.25, -0.2) is 0 Å². The number of ether oxygens (including phenoxy) is 1. The van der Waals surface area contributed by atoms with Gasteiger partial charge in [-0.1, -0.05) is 32.6 Å². The van der Waals surface area contributed by atoms with Crippen LogP contribution in [0, 0.1) is 16.7 Å². The van der Waals surface area contributed by atoms with Gasteiger partial charge in [0.15, 0.2) is 0 Å². The normalized spacial score (nSPS) is 33.0. The SMILES string of the molecule is CC(=O)OC1CCC(C)(C2CCCCCC2)C(=O)C(=O)C1(C)C. The van der Waals surface area contributed by atoms with Crippen molar-refractivity contribution in [2.24, 2.45) is 16.7 Å². The topological polar surface area (TPSA) is 60.4 Å². The van der Waals surface area contributed by atoms with Crippen LogP contribution in [0.1, 0.15) is 79.1 Å². The van der Waals surface area contributed by atoms with Crippen molar-refractivity contribution in [1.82, 2.24) is 0 Å². The highest BCUT2D eigenvalue weighted by Crippen LogP contribution is 2.47. The average molecular weight is 322 g/mol. The minimum absolute atomic E-state index is 0.246. The maximum absolute atomic E-state index is 13.0. The van der Waals surface area contributed by atoms with Crippen LogP contribution in [0.4, 0.5) is 0 Å². The van der Waals surface area contributed by atoms with Gasteiger partial charge >= 0.3 is 5.97 Å². The number of hydrogen-bond donors (Lipinski definition) is 0. The van der Waals surface area contributed by atoms with Gasteiger partial charge in [0, 0.05) is 12.3 Å². The van der Waals surface area contributed by atoms with Gasteiger partial charge in [0.1, 0.15) is 6.10 Å². The zero-order valence-electron chi connectivity index (χ0n) is 14.9. The molecule has 0 bridgehead atoms. The molecule has 23 heavy (non-hydrogen) atoms. The fraction of sp³-hybridized carbons (Fsp3) is 0.842. The van der Waals surface area contributed by atoms with Crippen LogP contribution in [0.25, 0.3) is 0 Å². The van der Waals surface area contributed by atoms with E-state index in [1.165, 1.54) is 19.8 Å². The van der Waals surface area contributed by atoms with E-state index in [0.29, 0.717) is 12.8 Å². The molecule has 2 aliphatic rings. The van der Waals surface area contributed by atoms with Crippen LogP contribution in [0.15, 0.2) is 0 Å². The highest BCUT2D eigenvalue weighted by Gasteiger charge is 2.53. The monoisotopic (exact) mass is 322 g/mol. The summed E-state index contributed by atoms with van der Waals surface area (Å²) in [6, 6.07) is 0. The van der Waals surface area contributed by atoms with Gasteiger partial charge in [-0.15, -0.1) is 0 Å². The molecule has 0 amide bonds. The fourth-order valence-corrected chi connectivity index (χ4v) is 4.32. The maximum atomic E-state index is 13.0. The lowest BCUT2D eigenvalue weighted by molar-refractivity contribution is -0.158. The number of ketones is 2. The van der Waals surface area contributed by atoms with E-state index in [1.807, 2.05) is 6.92 Å². The predicted molar refractivity (Wildman–Crippen MR) is 87.9 cm³/mol. The predicted octanol–water partition coefficient (Wildman–Crippen LogP) is 3.85. The zero-order chi connectivity index (χ0) is 17.3. The van der Waals surface area contributed by atoms with Crippen molar-refractivity contribution in [3.8, 4) is 0 Å². The van der Waals surface area contributed by atoms with Crippen LogP contribution in [0.2, 0.25) is 0 Å². The van der Waals surface area contributed by atoms with E-state index in [4.69, 9.17) is 4.74 Å². The first kappa shape index (κ1) is 18.2. The van der Waals surface area contributed by atoms with E-state index in [0.717, 1.165) is 25.7 Å². The van der Waals surface area contributed by atoms with Gasteiger partial charge in [-0.2, -0.15) is 0 Å². The van der Waals surface area contributed by atoms with Crippen LogP contribution < -0.4 is 0 Å². The zero-order valence-corrected chi connectivity index (χ0v) is 14.9. The van der Waals surface area contributed by atoms with Crippen molar-refractivity contribution in [2.75, 3.05) is 0 Å². The van der Waals surface area contributed by atoms with Gasteiger partial charge < -0.3 is 4.74 Å². The van der Waals surface area contributed by atoms with E-state index in [-0.39, 0.29) is 23.5 Å². The Labute approximate surface area is 139 Å². The standard InChI is InChI=1S/C19H30O4/c1-13(20)23-15-11-12-19(4,14-9-7-5-6-8-10-14)17(22)16(21)18(15,2)3/h14-15H,5-12H2,1-4H3.